The van der Waals surface area contributed by atoms with Crippen molar-refractivity contribution >= 4 is 0 Å². The standard InChI is InChI=1S/C13H17N3/c14-11-13(7-3-1-4-8-13)16-10-12-6-2-5-9-15-12/h2,5-6,9,16H,1,3-4,7-8,10H2. The highest BCUT2D eigenvalue weighted by Gasteiger charge is 2.31. The molecule has 0 aromatic carbocycles. The molecule has 2 rings (SSSR count). The van der Waals surface area contributed by atoms with E-state index in [-0.39, 0.29) is 5.54 Å². The molecule has 0 atom stereocenters. The predicted molar refractivity (Wildman–Crippen MR) is 62.5 cm³/mol. The van der Waals surface area contributed by atoms with Crippen molar-refractivity contribution in [1.82, 2.24) is 10.3 Å². The zero-order chi connectivity index (χ0) is 11.3. The summed E-state index contributed by atoms with van der Waals surface area (Å²) in [5.74, 6) is 0. The normalized spacial score (nSPS) is 18.9. The number of nitrogens with zero attached hydrogens (tertiary/aromatic N) is 2. The number of pyridine rings is 1. The molecule has 0 saturated heterocycles. The van der Waals surface area contributed by atoms with Gasteiger partial charge in [0.1, 0.15) is 5.54 Å². The lowest BCUT2D eigenvalue weighted by atomic mass is 9.83. The first-order valence-electron chi connectivity index (χ1n) is 5.91. The van der Waals surface area contributed by atoms with E-state index in [0.717, 1.165) is 31.4 Å². The van der Waals surface area contributed by atoms with Crippen molar-refractivity contribution in [3.05, 3.63) is 30.1 Å². The molecule has 1 aliphatic rings. The minimum Gasteiger partial charge on any atom is -0.294 e. The highest BCUT2D eigenvalue weighted by Crippen LogP contribution is 2.27. The Bertz CT molecular complexity index is 361. The average Bonchev–Trinajstić information content (AvgIpc) is 2.39. The van der Waals surface area contributed by atoms with Gasteiger partial charge in [-0.25, -0.2) is 0 Å². The Morgan fingerprint density at radius 2 is 2.12 bits per heavy atom. The van der Waals surface area contributed by atoms with Crippen molar-refractivity contribution in [2.75, 3.05) is 0 Å². The smallest absolute Gasteiger partial charge is 0.107 e. The molecule has 1 fully saturated rings. The Labute approximate surface area is 96.5 Å². The van der Waals surface area contributed by atoms with Crippen LogP contribution >= 0.6 is 0 Å². The van der Waals surface area contributed by atoms with E-state index in [1.54, 1.807) is 6.20 Å². The van der Waals surface area contributed by atoms with Gasteiger partial charge in [0.15, 0.2) is 0 Å². The summed E-state index contributed by atoms with van der Waals surface area (Å²) in [6, 6.07) is 8.32. The fourth-order valence-corrected chi connectivity index (χ4v) is 2.25. The number of aromatic nitrogens is 1. The molecule has 0 spiro atoms. The molecule has 16 heavy (non-hydrogen) atoms. The maximum Gasteiger partial charge on any atom is 0.107 e. The average molecular weight is 215 g/mol. The molecule has 0 radical (unpaired) electrons. The van der Waals surface area contributed by atoms with Gasteiger partial charge in [0.05, 0.1) is 11.8 Å². The zero-order valence-electron chi connectivity index (χ0n) is 9.45. The summed E-state index contributed by atoms with van der Waals surface area (Å²) >= 11 is 0. The minimum absolute atomic E-state index is 0.310. The maximum atomic E-state index is 9.29. The van der Waals surface area contributed by atoms with Crippen LogP contribution in [-0.2, 0) is 6.54 Å². The highest BCUT2D eigenvalue weighted by atomic mass is 15.0. The molecule has 0 bridgehead atoms. The quantitative estimate of drug-likeness (QED) is 0.842. The molecule has 3 nitrogen and oxygen atoms in total. The van der Waals surface area contributed by atoms with E-state index in [1.807, 2.05) is 18.2 Å². The molecule has 1 aliphatic carbocycles. The lowest BCUT2D eigenvalue weighted by molar-refractivity contribution is 0.295. The predicted octanol–water partition coefficient (Wildman–Crippen LogP) is 2.40. The van der Waals surface area contributed by atoms with Crippen molar-refractivity contribution in [2.24, 2.45) is 0 Å². The number of hydrogen-bond donors (Lipinski definition) is 1. The van der Waals surface area contributed by atoms with Gasteiger partial charge >= 0.3 is 0 Å². The largest absolute Gasteiger partial charge is 0.294 e. The van der Waals surface area contributed by atoms with E-state index in [1.165, 1.54) is 6.42 Å². The summed E-state index contributed by atoms with van der Waals surface area (Å²) < 4.78 is 0. The van der Waals surface area contributed by atoms with Gasteiger partial charge in [-0.05, 0) is 25.0 Å². The molecule has 3 heteroatoms. The fraction of sp³-hybridized carbons (Fsp3) is 0.538. The Morgan fingerprint density at radius 1 is 1.31 bits per heavy atom. The maximum absolute atomic E-state index is 9.29. The SMILES string of the molecule is N#CC1(NCc2ccccn2)CCCCC1. The monoisotopic (exact) mass is 215 g/mol. The summed E-state index contributed by atoms with van der Waals surface area (Å²) in [7, 11) is 0. The van der Waals surface area contributed by atoms with Crippen LogP contribution in [0.15, 0.2) is 24.4 Å². The van der Waals surface area contributed by atoms with Gasteiger partial charge in [-0.3, -0.25) is 10.3 Å². The summed E-state index contributed by atoms with van der Waals surface area (Å²) in [5.41, 5.74) is 0.693. The second kappa shape index (κ2) is 5.09. The highest BCUT2D eigenvalue weighted by molar-refractivity contribution is 5.11. The van der Waals surface area contributed by atoms with Gasteiger partial charge in [0.25, 0.3) is 0 Å². The third-order valence-corrected chi connectivity index (χ3v) is 3.26. The van der Waals surface area contributed by atoms with Crippen LogP contribution < -0.4 is 5.32 Å². The van der Waals surface area contributed by atoms with E-state index < -0.39 is 0 Å². The lowest BCUT2D eigenvalue weighted by Gasteiger charge is -2.31. The second-order valence-corrected chi connectivity index (χ2v) is 4.43. The molecular formula is C13H17N3. The molecule has 1 N–H and O–H groups in total. The molecule has 0 aliphatic heterocycles. The molecule has 0 unspecified atom stereocenters. The van der Waals surface area contributed by atoms with Gasteiger partial charge in [0.2, 0.25) is 0 Å². The van der Waals surface area contributed by atoms with Gasteiger partial charge in [-0.2, -0.15) is 5.26 Å². The number of nitriles is 1. The van der Waals surface area contributed by atoms with E-state index in [9.17, 15) is 5.26 Å². The molecule has 0 amide bonds. The van der Waals surface area contributed by atoms with E-state index in [0.29, 0.717) is 6.54 Å². The second-order valence-electron chi connectivity index (χ2n) is 4.43. The van der Waals surface area contributed by atoms with Crippen LogP contribution in [0, 0.1) is 11.3 Å². The first kappa shape index (κ1) is 11.1. The first-order chi connectivity index (χ1) is 7.85. The zero-order valence-corrected chi connectivity index (χ0v) is 9.45. The van der Waals surface area contributed by atoms with E-state index >= 15 is 0 Å². The van der Waals surface area contributed by atoms with Crippen LogP contribution in [0.3, 0.4) is 0 Å². The molecular weight excluding hydrogens is 198 g/mol. The molecule has 1 aromatic rings. The van der Waals surface area contributed by atoms with Crippen LogP contribution in [0.1, 0.15) is 37.8 Å². The fourth-order valence-electron chi connectivity index (χ4n) is 2.25. The van der Waals surface area contributed by atoms with Crippen molar-refractivity contribution in [3.63, 3.8) is 0 Å². The third kappa shape index (κ3) is 2.59. The van der Waals surface area contributed by atoms with E-state index in [2.05, 4.69) is 16.4 Å². The van der Waals surface area contributed by atoms with Crippen LogP contribution in [0.2, 0.25) is 0 Å². The lowest BCUT2D eigenvalue weighted by Crippen LogP contribution is -2.45. The summed E-state index contributed by atoms with van der Waals surface area (Å²) in [4.78, 5) is 4.26. The van der Waals surface area contributed by atoms with Gasteiger partial charge in [-0.15, -0.1) is 0 Å². The molecule has 84 valence electrons. The summed E-state index contributed by atoms with van der Waals surface area (Å²) in [6.07, 6.45) is 7.30. The Morgan fingerprint density at radius 3 is 2.75 bits per heavy atom. The first-order valence-corrected chi connectivity index (χ1v) is 5.91. The van der Waals surface area contributed by atoms with Crippen LogP contribution in [0.25, 0.3) is 0 Å². The van der Waals surface area contributed by atoms with Gasteiger partial charge in [0, 0.05) is 12.7 Å². The van der Waals surface area contributed by atoms with E-state index in [4.69, 9.17) is 0 Å². The Balaban J connectivity index is 1.95. The number of rotatable bonds is 3. The minimum atomic E-state index is -0.310. The van der Waals surface area contributed by atoms with Gasteiger partial charge < -0.3 is 0 Å². The third-order valence-electron chi connectivity index (χ3n) is 3.26. The van der Waals surface area contributed by atoms with Crippen LogP contribution in [0.5, 0.6) is 0 Å². The van der Waals surface area contributed by atoms with Crippen molar-refractivity contribution < 1.29 is 0 Å². The molecule has 1 heterocycles. The van der Waals surface area contributed by atoms with Crippen LogP contribution in [0.4, 0.5) is 0 Å². The Kier molecular flexibility index (Phi) is 3.53. The van der Waals surface area contributed by atoms with Crippen LogP contribution in [-0.4, -0.2) is 10.5 Å². The van der Waals surface area contributed by atoms with Gasteiger partial charge in [-0.1, -0.05) is 25.3 Å². The number of hydrogen-bond acceptors (Lipinski definition) is 3. The summed E-state index contributed by atoms with van der Waals surface area (Å²) in [6.45, 7) is 0.689. The van der Waals surface area contributed by atoms with Crippen molar-refractivity contribution in [1.29, 1.82) is 5.26 Å². The van der Waals surface area contributed by atoms with Crippen molar-refractivity contribution in [3.8, 4) is 6.07 Å². The molecule has 1 saturated carbocycles. The Hall–Kier alpha value is -1.40. The molecule has 1 aromatic heterocycles. The van der Waals surface area contributed by atoms with Crippen molar-refractivity contribution in [2.45, 2.75) is 44.2 Å². The summed E-state index contributed by atoms with van der Waals surface area (Å²) in [5, 5.41) is 12.7. The topological polar surface area (TPSA) is 48.7 Å². The number of nitrogens with one attached hydrogen (secondary N) is 1.